The molecule has 2 bridgehead atoms. The van der Waals surface area contributed by atoms with Gasteiger partial charge in [0.05, 0.1) is 0 Å². The highest BCUT2D eigenvalue weighted by molar-refractivity contribution is 6.31. The maximum absolute atomic E-state index is 13.7. The highest BCUT2D eigenvalue weighted by atomic mass is 35.5. The Kier molecular flexibility index (Phi) is 8.54. The van der Waals surface area contributed by atoms with Crippen molar-refractivity contribution in [1.29, 1.82) is 0 Å². The summed E-state index contributed by atoms with van der Waals surface area (Å²) in [5.74, 6) is 0.236. The third-order valence-electron chi connectivity index (χ3n) is 8.20. The summed E-state index contributed by atoms with van der Waals surface area (Å²) in [6.07, 6.45) is 7.52. The topological polar surface area (TPSA) is 55.9 Å². The first-order valence-corrected chi connectivity index (χ1v) is 13.6. The molecule has 1 aromatic carbocycles. The lowest BCUT2D eigenvalue weighted by molar-refractivity contribution is -0.133. The molecule has 4 rings (SSSR count). The summed E-state index contributed by atoms with van der Waals surface area (Å²) in [6.45, 7) is 9.92. The Morgan fingerprint density at radius 1 is 1.12 bits per heavy atom. The van der Waals surface area contributed by atoms with Gasteiger partial charge < -0.3 is 15.1 Å². The summed E-state index contributed by atoms with van der Waals surface area (Å²) in [5.41, 5.74) is 1.91. The molecule has 2 amide bonds. The van der Waals surface area contributed by atoms with E-state index in [4.69, 9.17) is 11.6 Å². The van der Waals surface area contributed by atoms with Gasteiger partial charge >= 0.3 is 0 Å². The number of hydrogen-bond donors (Lipinski definition) is 1. The number of fused-ring (bicyclic) bond motifs is 2. The van der Waals surface area contributed by atoms with E-state index in [9.17, 15) is 9.59 Å². The Hall–Kier alpha value is -1.63. The van der Waals surface area contributed by atoms with Crippen LogP contribution in [0.2, 0.25) is 5.02 Å². The second kappa shape index (κ2) is 11.4. The maximum Gasteiger partial charge on any atom is 0.230 e. The molecule has 7 heteroatoms. The van der Waals surface area contributed by atoms with Gasteiger partial charge in [-0.15, -0.1) is 0 Å². The molecule has 188 valence electrons. The van der Waals surface area contributed by atoms with Crippen LogP contribution in [0.1, 0.15) is 64.4 Å². The number of benzene rings is 1. The van der Waals surface area contributed by atoms with Crippen LogP contribution in [-0.4, -0.2) is 72.5 Å². The number of hydrogen-bond acceptors (Lipinski definition) is 4. The van der Waals surface area contributed by atoms with Gasteiger partial charge in [-0.25, -0.2) is 0 Å². The van der Waals surface area contributed by atoms with Crippen molar-refractivity contribution in [2.75, 3.05) is 37.6 Å². The van der Waals surface area contributed by atoms with E-state index in [0.29, 0.717) is 42.8 Å². The maximum atomic E-state index is 13.7. The number of likely N-dealkylation sites (tertiary alicyclic amines) is 1. The molecular formula is C27H41ClN4O2. The van der Waals surface area contributed by atoms with E-state index >= 15 is 0 Å². The van der Waals surface area contributed by atoms with Crippen molar-refractivity contribution in [1.82, 2.24) is 15.1 Å². The molecule has 2 atom stereocenters. The number of carbonyl (C=O) groups excluding carboxylic acids is 2. The van der Waals surface area contributed by atoms with Gasteiger partial charge in [0.2, 0.25) is 11.8 Å². The van der Waals surface area contributed by atoms with Crippen LogP contribution in [0.5, 0.6) is 0 Å². The van der Waals surface area contributed by atoms with Crippen molar-refractivity contribution in [2.45, 2.75) is 83.8 Å². The lowest BCUT2D eigenvalue weighted by Crippen LogP contribution is -2.50. The molecule has 6 nitrogen and oxygen atoms in total. The monoisotopic (exact) mass is 488 g/mol. The fraction of sp³-hybridized carbons (Fsp3) is 0.704. The van der Waals surface area contributed by atoms with Gasteiger partial charge in [-0.2, -0.15) is 0 Å². The normalized spacial score (nSPS) is 25.5. The van der Waals surface area contributed by atoms with Gasteiger partial charge in [-0.1, -0.05) is 24.6 Å². The van der Waals surface area contributed by atoms with Gasteiger partial charge in [-0.3, -0.25) is 14.5 Å². The fourth-order valence-corrected chi connectivity index (χ4v) is 6.46. The minimum absolute atomic E-state index is 0.0391. The largest absolute Gasteiger partial charge is 0.343 e. The van der Waals surface area contributed by atoms with Crippen molar-refractivity contribution in [3.05, 3.63) is 28.8 Å². The van der Waals surface area contributed by atoms with Crippen LogP contribution in [0.25, 0.3) is 0 Å². The van der Waals surface area contributed by atoms with Crippen molar-refractivity contribution in [3.63, 3.8) is 0 Å². The molecule has 1 aromatic rings. The Labute approximate surface area is 210 Å². The molecule has 0 aromatic heterocycles. The number of nitrogens with zero attached hydrogens (tertiary/aromatic N) is 3. The molecule has 3 heterocycles. The predicted octanol–water partition coefficient (Wildman–Crippen LogP) is 4.23. The lowest BCUT2D eigenvalue weighted by Gasteiger charge is -2.40. The van der Waals surface area contributed by atoms with E-state index in [1.165, 1.54) is 25.7 Å². The van der Waals surface area contributed by atoms with Crippen LogP contribution in [0.3, 0.4) is 0 Å². The average molecular weight is 489 g/mol. The molecule has 3 fully saturated rings. The number of rotatable bonds is 8. The van der Waals surface area contributed by atoms with Crippen LogP contribution in [0, 0.1) is 12.8 Å². The Bertz CT molecular complexity index is 856. The van der Waals surface area contributed by atoms with Crippen LogP contribution in [0.4, 0.5) is 5.69 Å². The van der Waals surface area contributed by atoms with E-state index < -0.39 is 0 Å². The summed E-state index contributed by atoms with van der Waals surface area (Å²) in [4.78, 5) is 31.9. The highest BCUT2D eigenvalue weighted by Gasteiger charge is 2.40. The third kappa shape index (κ3) is 5.77. The number of carbonyl (C=O) groups is 2. The zero-order valence-electron chi connectivity index (χ0n) is 21.1. The zero-order chi connectivity index (χ0) is 24.2. The van der Waals surface area contributed by atoms with Gasteiger partial charge in [0.15, 0.2) is 0 Å². The zero-order valence-corrected chi connectivity index (χ0v) is 21.8. The van der Waals surface area contributed by atoms with E-state index in [1.54, 1.807) is 6.92 Å². The Morgan fingerprint density at radius 3 is 2.38 bits per heavy atom. The number of halogens is 1. The van der Waals surface area contributed by atoms with Crippen LogP contribution in [0.15, 0.2) is 18.2 Å². The van der Waals surface area contributed by atoms with E-state index in [1.807, 2.05) is 34.9 Å². The van der Waals surface area contributed by atoms with Gasteiger partial charge in [0.1, 0.15) is 0 Å². The average Bonchev–Trinajstić information content (AvgIpc) is 3.06. The van der Waals surface area contributed by atoms with Crippen molar-refractivity contribution in [3.8, 4) is 0 Å². The molecule has 3 saturated heterocycles. The van der Waals surface area contributed by atoms with Gasteiger partial charge in [0.25, 0.3) is 0 Å². The van der Waals surface area contributed by atoms with Crippen LogP contribution in [-0.2, 0) is 9.59 Å². The smallest absolute Gasteiger partial charge is 0.230 e. The molecule has 0 aliphatic carbocycles. The standard InChI is InChI=1S/C27H41ClN4O2/c1-4-29-22-16-23-8-9-24(17-22)31(23)12-5-13-32(25-7-6-19(2)26(28)18-25)27(34)21-10-14-30(15-11-21)20(3)33/h6-7,18,21-24,29H,4-5,8-17H2,1-3H3. The second-order valence-corrected chi connectivity index (χ2v) is 10.8. The molecule has 3 aliphatic heterocycles. The number of piperidine rings is 2. The number of amides is 2. The predicted molar refractivity (Wildman–Crippen MR) is 138 cm³/mol. The van der Waals surface area contributed by atoms with Crippen molar-refractivity contribution >= 4 is 29.1 Å². The number of aryl methyl sites for hydroxylation is 1. The SMILES string of the molecule is CCNC1CC2CCC(C1)N2CCCN(C(=O)C1CCN(C(C)=O)CC1)c1ccc(C)c(Cl)c1. The van der Waals surface area contributed by atoms with E-state index in [2.05, 4.69) is 17.1 Å². The molecular weight excluding hydrogens is 448 g/mol. The molecule has 0 spiro atoms. The van der Waals surface area contributed by atoms with Crippen molar-refractivity contribution in [2.24, 2.45) is 5.92 Å². The number of anilines is 1. The molecule has 2 unspecified atom stereocenters. The van der Waals surface area contributed by atoms with Gasteiger partial charge in [0, 0.05) is 67.9 Å². The molecule has 0 radical (unpaired) electrons. The highest BCUT2D eigenvalue weighted by Crippen LogP contribution is 2.36. The first kappa shape index (κ1) is 25.5. The summed E-state index contributed by atoms with van der Waals surface area (Å²) in [7, 11) is 0. The first-order chi connectivity index (χ1) is 16.4. The summed E-state index contributed by atoms with van der Waals surface area (Å²) >= 11 is 6.45. The summed E-state index contributed by atoms with van der Waals surface area (Å²) in [5, 5.41) is 4.36. The fourth-order valence-electron chi connectivity index (χ4n) is 6.28. The van der Waals surface area contributed by atoms with Crippen LogP contribution >= 0.6 is 11.6 Å². The van der Waals surface area contributed by atoms with Gasteiger partial charge in [-0.05, 0) is 76.1 Å². The quantitative estimate of drug-likeness (QED) is 0.594. The molecule has 3 aliphatic rings. The third-order valence-corrected chi connectivity index (χ3v) is 8.61. The minimum atomic E-state index is -0.0391. The molecule has 0 saturated carbocycles. The van der Waals surface area contributed by atoms with E-state index in [-0.39, 0.29) is 17.7 Å². The molecule has 34 heavy (non-hydrogen) atoms. The lowest BCUT2D eigenvalue weighted by atomic mass is 9.94. The Morgan fingerprint density at radius 2 is 1.79 bits per heavy atom. The molecule has 1 N–H and O–H groups in total. The summed E-state index contributed by atoms with van der Waals surface area (Å²) < 4.78 is 0. The second-order valence-electron chi connectivity index (χ2n) is 10.4. The Balaban J connectivity index is 1.40. The minimum Gasteiger partial charge on any atom is -0.343 e. The van der Waals surface area contributed by atoms with E-state index in [0.717, 1.165) is 43.6 Å². The summed E-state index contributed by atoms with van der Waals surface area (Å²) in [6, 6.07) is 7.98. The van der Waals surface area contributed by atoms with Crippen molar-refractivity contribution < 1.29 is 9.59 Å². The number of nitrogens with one attached hydrogen (secondary N) is 1. The van der Waals surface area contributed by atoms with Crippen LogP contribution < -0.4 is 10.2 Å². The first-order valence-electron chi connectivity index (χ1n) is 13.2.